The molecule has 2 aromatic carbocycles. The smallest absolute Gasteiger partial charge is 0.123 e. The Kier molecular flexibility index (Phi) is 3.83. The Balaban J connectivity index is 1.60. The number of halogens is 1. The van der Waals surface area contributed by atoms with Crippen molar-refractivity contribution < 1.29 is 4.74 Å². The van der Waals surface area contributed by atoms with Crippen molar-refractivity contribution in [1.29, 1.82) is 0 Å². The molecule has 0 aliphatic carbocycles. The summed E-state index contributed by atoms with van der Waals surface area (Å²) in [5, 5.41) is 4.23. The van der Waals surface area contributed by atoms with Crippen LogP contribution in [0, 0.1) is 0 Å². The highest BCUT2D eigenvalue weighted by atomic mass is 35.5. The minimum atomic E-state index is 0.175. The van der Waals surface area contributed by atoms with E-state index in [4.69, 9.17) is 16.3 Å². The molecule has 104 valence electrons. The fourth-order valence-electron chi connectivity index (χ4n) is 2.54. The predicted molar refractivity (Wildman–Crippen MR) is 83.9 cm³/mol. The Bertz CT molecular complexity index is 612. The number of anilines is 1. The third-order valence-electron chi connectivity index (χ3n) is 3.63. The molecule has 0 radical (unpaired) electrons. The zero-order valence-corrected chi connectivity index (χ0v) is 12.3. The summed E-state index contributed by atoms with van der Waals surface area (Å²) < 4.78 is 5.92. The zero-order chi connectivity index (χ0) is 13.9. The molecule has 0 amide bonds. The molecule has 2 aromatic rings. The van der Waals surface area contributed by atoms with Gasteiger partial charge in [-0.05, 0) is 47.9 Å². The normalized spacial score (nSPS) is 16.6. The Labute approximate surface area is 124 Å². The lowest BCUT2D eigenvalue weighted by atomic mass is 10.1. The van der Waals surface area contributed by atoms with Gasteiger partial charge in [0.25, 0.3) is 0 Å². The molecule has 1 heterocycles. The van der Waals surface area contributed by atoms with Crippen molar-refractivity contribution in [2.24, 2.45) is 0 Å². The quantitative estimate of drug-likeness (QED) is 0.904. The highest BCUT2D eigenvalue weighted by Gasteiger charge is 2.22. The fourth-order valence-corrected chi connectivity index (χ4v) is 2.73. The van der Waals surface area contributed by atoms with E-state index in [0.717, 1.165) is 35.8 Å². The first-order valence-corrected chi connectivity index (χ1v) is 7.40. The van der Waals surface area contributed by atoms with E-state index in [1.807, 2.05) is 18.2 Å². The van der Waals surface area contributed by atoms with Gasteiger partial charge in [0.2, 0.25) is 0 Å². The topological polar surface area (TPSA) is 21.3 Å². The second-order valence-corrected chi connectivity index (χ2v) is 5.57. The molecule has 20 heavy (non-hydrogen) atoms. The van der Waals surface area contributed by atoms with Gasteiger partial charge in [-0.3, -0.25) is 0 Å². The van der Waals surface area contributed by atoms with E-state index >= 15 is 0 Å². The van der Waals surface area contributed by atoms with Crippen LogP contribution in [0.2, 0.25) is 5.02 Å². The number of benzene rings is 2. The Hall–Kier alpha value is -1.67. The minimum absolute atomic E-state index is 0.175. The van der Waals surface area contributed by atoms with Crippen LogP contribution in [0.25, 0.3) is 0 Å². The van der Waals surface area contributed by atoms with E-state index in [9.17, 15) is 0 Å². The summed E-state index contributed by atoms with van der Waals surface area (Å²) in [6.45, 7) is 2.97. The van der Waals surface area contributed by atoms with Crippen LogP contribution in [-0.2, 0) is 12.8 Å². The fraction of sp³-hybridized carbons (Fsp3) is 0.294. The summed E-state index contributed by atoms with van der Waals surface area (Å²) in [6, 6.07) is 14.3. The molecule has 0 saturated heterocycles. The summed E-state index contributed by atoms with van der Waals surface area (Å²) in [5.41, 5.74) is 3.70. The van der Waals surface area contributed by atoms with Gasteiger partial charge >= 0.3 is 0 Å². The Morgan fingerprint density at radius 1 is 1.25 bits per heavy atom. The molecule has 0 aromatic heterocycles. The van der Waals surface area contributed by atoms with Crippen LogP contribution in [0.15, 0.2) is 42.5 Å². The number of fused-ring (bicyclic) bond motifs is 1. The van der Waals surface area contributed by atoms with Gasteiger partial charge < -0.3 is 10.1 Å². The molecule has 1 unspecified atom stereocenters. The van der Waals surface area contributed by atoms with Crippen molar-refractivity contribution in [1.82, 2.24) is 0 Å². The molecule has 1 aliphatic rings. The molecular weight excluding hydrogens is 270 g/mol. The van der Waals surface area contributed by atoms with Gasteiger partial charge in [-0.2, -0.15) is 0 Å². The zero-order valence-electron chi connectivity index (χ0n) is 11.5. The predicted octanol–water partition coefficient (Wildman–Crippen LogP) is 4.32. The molecule has 0 spiro atoms. The van der Waals surface area contributed by atoms with Crippen LogP contribution < -0.4 is 10.1 Å². The minimum Gasteiger partial charge on any atom is -0.488 e. The third kappa shape index (κ3) is 2.91. The van der Waals surface area contributed by atoms with Crippen molar-refractivity contribution in [3.63, 3.8) is 0 Å². The number of ether oxygens (including phenoxy) is 1. The molecule has 2 nitrogen and oxygen atoms in total. The number of rotatable bonds is 4. The maximum atomic E-state index is 6.01. The van der Waals surface area contributed by atoms with Gasteiger partial charge in [-0.15, -0.1) is 0 Å². The number of hydrogen-bond donors (Lipinski definition) is 1. The van der Waals surface area contributed by atoms with E-state index in [-0.39, 0.29) is 6.10 Å². The van der Waals surface area contributed by atoms with Crippen LogP contribution in [0.1, 0.15) is 18.1 Å². The first kappa shape index (κ1) is 13.3. The lowest BCUT2D eigenvalue weighted by Gasteiger charge is -2.13. The third-order valence-corrected chi connectivity index (χ3v) is 3.87. The molecule has 1 aliphatic heterocycles. The SMILES string of the molecule is CCc1cccc(NCC2Cc3cc(Cl)ccc3O2)c1. The highest BCUT2D eigenvalue weighted by Crippen LogP contribution is 2.31. The highest BCUT2D eigenvalue weighted by molar-refractivity contribution is 6.30. The summed E-state index contributed by atoms with van der Waals surface area (Å²) in [5.74, 6) is 0.962. The summed E-state index contributed by atoms with van der Waals surface area (Å²) in [7, 11) is 0. The van der Waals surface area contributed by atoms with E-state index in [1.54, 1.807) is 0 Å². The van der Waals surface area contributed by atoms with Crippen molar-refractivity contribution in [3.8, 4) is 5.75 Å². The lowest BCUT2D eigenvalue weighted by Crippen LogP contribution is -2.23. The number of hydrogen-bond acceptors (Lipinski definition) is 2. The average molecular weight is 288 g/mol. The lowest BCUT2D eigenvalue weighted by molar-refractivity contribution is 0.246. The van der Waals surface area contributed by atoms with Crippen LogP contribution in [0.4, 0.5) is 5.69 Å². The van der Waals surface area contributed by atoms with E-state index in [2.05, 4.69) is 36.5 Å². The van der Waals surface area contributed by atoms with E-state index in [1.165, 1.54) is 11.1 Å². The maximum Gasteiger partial charge on any atom is 0.123 e. The molecule has 0 bridgehead atoms. The molecule has 3 heteroatoms. The average Bonchev–Trinajstić information content (AvgIpc) is 2.87. The standard InChI is InChI=1S/C17H18ClNO/c1-2-12-4-3-5-15(8-12)19-11-16-10-13-9-14(18)6-7-17(13)20-16/h3-9,16,19H,2,10-11H2,1H3. The first-order valence-electron chi connectivity index (χ1n) is 7.02. The maximum absolute atomic E-state index is 6.01. The van der Waals surface area contributed by atoms with E-state index in [0.29, 0.717) is 0 Å². The summed E-state index contributed by atoms with van der Waals surface area (Å²) in [4.78, 5) is 0. The molecular formula is C17H18ClNO. The number of nitrogens with one attached hydrogen (secondary N) is 1. The second kappa shape index (κ2) is 5.76. The van der Waals surface area contributed by atoms with Crippen molar-refractivity contribution in [3.05, 3.63) is 58.6 Å². The van der Waals surface area contributed by atoms with Crippen molar-refractivity contribution in [2.75, 3.05) is 11.9 Å². The van der Waals surface area contributed by atoms with Crippen LogP contribution in [-0.4, -0.2) is 12.6 Å². The molecule has 1 N–H and O–H groups in total. The van der Waals surface area contributed by atoms with Crippen LogP contribution in [0.3, 0.4) is 0 Å². The van der Waals surface area contributed by atoms with Gasteiger partial charge in [0.15, 0.2) is 0 Å². The largest absolute Gasteiger partial charge is 0.488 e. The summed E-state index contributed by atoms with van der Waals surface area (Å²) in [6.07, 6.45) is 2.14. The van der Waals surface area contributed by atoms with Crippen molar-refractivity contribution >= 4 is 17.3 Å². The molecule has 3 rings (SSSR count). The Morgan fingerprint density at radius 3 is 3.00 bits per heavy atom. The van der Waals surface area contributed by atoms with Crippen LogP contribution >= 0.6 is 11.6 Å². The van der Waals surface area contributed by atoms with Gasteiger partial charge in [-0.25, -0.2) is 0 Å². The van der Waals surface area contributed by atoms with Crippen LogP contribution in [0.5, 0.6) is 5.75 Å². The second-order valence-electron chi connectivity index (χ2n) is 5.13. The van der Waals surface area contributed by atoms with Gasteiger partial charge in [0, 0.05) is 17.1 Å². The summed E-state index contributed by atoms with van der Waals surface area (Å²) >= 11 is 6.01. The van der Waals surface area contributed by atoms with E-state index < -0.39 is 0 Å². The number of aryl methyl sites for hydroxylation is 1. The monoisotopic (exact) mass is 287 g/mol. The Morgan fingerprint density at radius 2 is 2.15 bits per heavy atom. The molecule has 1 atom stereocenters. The first-order chi connectivity index (χ1) is 9.74. The molecule has 0 fully saturated rings. The van der Waals surface area contributed by atoms with Gasteiger partial charge in [0.1, 0.15) is 11.9 Å². The van der Waals surface area contributed by atoms with Crippen molar-refractivity contribution in [2.45, 2.75) is 25.9 Å². The van der Waals surface area contributed by atoms with Gasteiger partial charge in [0.05, 0.1) is 6.54 Å². The van der Waals surface area contributed by atoms with Gasteiger partial charge in [-0.1, -0.05) is 30.7 Å². The molecule has 0 saturated carbocycles.